The van der Waals surface area contributed by atoms with Gasteiger partial charge >= 0.3 is 17.1 Å². The van der Waals surface area contributed by atoms with Gasteiger partial charge < -0.3 is 0 Å². The molecule has 0 amide bonds. The molecule has 0 aromatic rings. The molecule has 0 aromatic heterocycles. The molecular formula is C12H18CuN2O2+2. The van der Waals surface area contributed by atoms with Gasteiger partial charge in [0.1, 0.15) is 12.2 Å². The first kappa shape index (κ1) is 19.7. The Morgan fingerprint density at radius 3 is 1.35 bits per heavy atom. The summed E-state index contributed by atoms with van der Waals surface area (Å²) < 4.78 is 0. The zero-order valence-electron chi connectivity index (χ0n) is 10.6. The summed E-state index contributed by atoms with van der Waals surface area (Å²) in [4.78, 5) is 0. The summed E-state index contributed by atoms with van der Waals surface area (Å²) in [6, 6.07) is 1.41. The Labute approximate surface area is 116 Å². The average Bonchev–Trinajstić information content (AvgIpc) is 2.10. The van der Waals surface area contributed by atoms with E-state index in [0.29, 0.717) is 25.2 Å². The van der Waals surface area contributed by atoms with Crippen molar-refractivity contribution in [3.8, 4) is 0 Å². The van der Waals surface area contributed by atoms with Crippen molar-refractivity contribution in [3.05, 3.63) is 37.1 Å². The van der Waals surface area contributed by atoms with Crippen LogP contribution in [0.25, 0.3) is 0 Å². The zero-order valence-corrected chi connectivity index (χ0v) is 11.5. The van der Waals surface area contributed by atoms with E-state index in [1.54, 1.807) is 13.8 Å². The molecule has 0 bridgehead atoms. The van der Waals surface area contributed by atoms with E-state index in [2.05, 4.69) is 10.6 Å². The molecule has 0 aliphatic rings. The summed E-state index contributed by atoms with van der Waals surface area (Å²) in [7, 11) is 0. The van der Waals surface area contributed by atoms with Gasteiger partial charge in [0.2, 0.25) is 0 Å². The fourth-order valence-electron chi connectivity index (χ4n) is 1.13. The van der Waals surface area contributed by atoms with E-state index in [1.807, 2.05) is 0 Å². The van der Waals surface area contributed by atoms with Gasteiger partial charge in [-0.1, -0.05) is 0 Å². The first-order valence-electron chi connectivity index (χ1n) is 5.14. The minimum Gasteiger partial charge on any atom is -0.232 e. The van der Waals surface area contributed by atoms with Gasteiger partial charge in [-0.2, -0.15) is 0 Å². The van der Waals surface area contributed by atoms with Gasteiger partial charge in [-0.05, 0) is 27.7 Å². The summed E-state index contributed by atoms with van der Waals surface area (Å²) in [5.41, 5.74) is 0. The number of nitrogens with zero attached hydrogens (tertiary/aromatic N) is 2. The Morgan fingerprint density at radius 1 is 0.824 bits per heavy atom. The van der Waals surface area contributed by atoms with E-state index in [1.165, 1.54) is 26.7 Å². The largest absolute Gasteiger partial charge is 2.00 e. The van der Waals surface area contributed by atoms with Crippen LogP contribution in [0.3, 0.4) is 0 Å². The van der Waals surface area contributed by atoms with E-state index in [-0.39, 0.29) is 29.3 Å². The monoisotopic (exact) mass is 289 g/mol. The van der Waals surface area contributed by atoms with Gasteiger partial charge in [-0.3, -0.25) is 0 Å². The summed E-state index contributed by atoms with van der Waals surface area (Å²) in [5.74, 6) is 0. The van der Waals surface area contributed by atoms with Crippen LogP contribution in [-0.2, 0) is 27.3 Å². The standard InChI is InChI=1S/C12H18N2O2.Cu/c1-9(7-11(3)15)13-5-6-14-10(2)8-12(4)16;/h7-8H,5-6H2,1-4H3;/q;+2/i;1+3. The maximum Gasteiger partial charge on any atom is 2.00 e. The van der Waals surface area contributed by atoms with Crippen molar-refractivity contribution in [2.24, 2.45) is 0 Å². The zero-order chi connectivity index (χ0) is 12.6. The van der Waals surface area contributed by atoms with Crippen LogP contribution in [0.2, 0.25) is 0 Å². The van der Waals surface area contributed by atoms with Crippen LogP contribution in [0.15, 0.2) is 0 Å². The predicted octanol–water partition coefficient (Wildman–Crippen LogP) is 1.67. The fraction of sp³-hybridized carbons (Fsp3) is 0.500. The second-order valence-electron chi connectivity index (χ2n) is 3.56. The maximum atomic E-state index is 10.7. The quantitative estimate of drug-likeness (QED) is 0.458. The van der Waals surface area contributed by atoms with Gasteiger partial charge in [0.05, 0.1) is 12.1 Å². The first-order valence-corrected chi connectivity index (χ1v) is 5.14. The molecule has 17 heavy (non-hydrogen) atoms. The van der Waals surface area contributed by atoms with Crippen molar-refractivity contribution < 1.29 is 27.3 Å². The Balaban J connectivity index is 0. The summed E-state index contributed by atoms with van der Waals surface area (Å²) >= 11 is 0. The summed E-state index contributed by atoms with van der Waals surface area (Å²) in [6.07, 6.45) is 2.95. The molecule has 0 spiro atoms. The van der Waals surface area contributed by atoms with E-state index in [4.69, 9.17) is 0 Å². The van der Waals surface area contributed by atoms with Crippen molar-refractivity contribution in [1.29, 1.82) is 0 Å². The minimum atomic E-state index is -0.00848. The van der Waals surface area contributed by atoms with Crippen LogP contribution in [0.4, 0.5) is 0 Å². The van der Waals surface area contributed by atoms with E-state index >= 15 is 0 Å². The predicted molar refractivity (Wildman–Crippen MR) is 59.6 cm³/mol. The number of hydrogen-bond donors (Lipinski definition) is 0. The van der Waals surface area contributed by atoms with Crippen LogP contribution >= 0.6 is 0 Å². The third-order valence-electron chi connectivity index (χ3n) is 1.65. The second kappa shape index (κ2) is 11.4. The van der Waals surface area contributed by atoms with Crippen molar-refractivity contribution in [2.45, 2.75) is 27.7 Å². The van der Waals surface area contributed by atoms with E-state index < -0.39 is 0 Å². The van der Waals surface area contributed by atoms with Crippen molar-refractivity contribution >= 4 is 0 Å². The van der Waals surface area contributed by atoms with Crippen LogP contribution < -0.4 is 10.6 Å². The summed E-state index contributed by atoms with van der Waals surface area (Å²) in [5, 5.41) is 29.7. The number of rotatable bonds is 9. The molecule has 0 aliphatic carbocycles. The number of hydrogen-bond acceptors (Lipinski definition) is 0. The van der Waals surface area contributed by atoms with Gasteiger partial charge in [0.25, 0.3) is 0 Å². The van der Waals surface area contributed by atoms with Crippen molar-refractivity contribution in [3.63, 3.8) is 0 Å². The average molecular weight is 289 g/mol. The molecule has 0 saturated heterocycles. The fourth-order valence-corrected chi connectivity index (χ4v) is 1.13. The van der Waals surface area contributed by atoms with Gasteiger partial charge in [0, 0.05) is 25.9 Å². The molecular weight excluding hydrogens is 271 g/mol. The molecule has 0 rings (SSSR count). The van der Waals surface area contributed by atoms with E-state index in [0.717, 1.165) is 0 Å². The van der Waals surface area contributed by atoms with Gasteiger partial charge in [0.15, 0.2) is 0 Å². The van der Waals surface area contributed by atoms with Crippen LogP contribution in [-0.4, -0.2) is 13.1 Å². The first-order chi connectivity index (χ1) is 7.41. The van der Waals surface area contributed by atoms with Crippen LogP contribution in [0.5, 0.6) is 0 Å². The SMILES string of the molecule is C[C]([O])[CH][C](C)[N]CC[N][C](C)[CH][C](C)[O].[67Cu+2]. The van der Waals surface area contributed by atoms with Gasteiger partial charge in [-0.15, -0.1) is 0 Å². The smallest absolute Gasteiger partial charge is 0.232 e. The molecule has 97 valence electrons. The molecule has 0 atom stereocenters. The third kappa shape index (κ3) is 14.3. The molecule has 0 N–H and O–H groups in total. The molecule has 0 unspecified atom stereocenters. The maximum absolute atomic E-state index is 10.7. The molecule has 11 radical (unpaired) electrons. The Hall–Kier alpha value is 0.359. The Bertz CT molecular complexity index is 151. The van der Waals surface area contributed by atoms with Crippen molar-refractivity contribution in [1.82, 2.24) is 10.6 Å². The molecule has 0 aromatic carbocycles. The van der Waals surface area contributed by atoms with Gasteiger partial charge in [-0.25, -0.2) is 20.8 Å². The van der Waals surface area contributed by atoms with Crippen LogP contribution in [0.1, 0.15) is 27.7 Å². The van der Waals surface area contributed by atoms with Crippen LogP contribution in [0, 0.1) is 37.1 Å². The normalized spacial score (nSPS) is 11.6. The Kier molecular flexibility index (Phi) is 13.3. The van der Waals surface area contributed by atoms with Crippen molar-refractivity contribution in [2.75, 3.05) is 13.1 Å². The van der Waals surface area contributed by atoms with E-state index in [9.17, 15) is 10.2 Å². The summed E-state index contributed by atoms with van der Waals surface area (Å²) in [6.45, 7) is 7.59. The molecule has 5 heteroatoms. The third-order valence-corrected chi connectivity index (χ3v) is 1.65. The second-order valence-corrected chi connectivity index (χ2v) is 3.56. The Morgan fingerprint density at radius 2 is 1.12 bits per heavy atom. The molecule has 0 saturated carbocycles. The molecule has 0 aliphatic heterocycles. The topological polar surface area (TPSA) is 68.0 Å². The minimum absolute atomic E-state index is 0. The molecule has 0 fully saturated rings. The molecule has 4 nitrogen and oxygen atoms in total. The molecule has 0 heterocycles.